The van der Waals surface area contributed by atoms with E-state index in [9.17, 15) is 9.59 Å². The second-order valence-electron chi connectivity index (χ2n) is 5.35. The standard InChI is InChI=1S/C14H15Cl2NO2/c1-14(2)7-13(19)17-11-6-10(16)8(5-9(11)14)12(18)3-4-15/h5-6H,3-4,7H2,1-2H3,(H,17,19). The number of Topliss-reactive ketones (excluding diaryl/α,β-unsaturated/α-hetero) is 1. The Morgan fingerprint density at radius 1 is 1.42 bits per heavy atom. The zero-order chi connectivity index (χ0) is 14.2. The summed E-state index contributed by atoms with van der Waals surface area (Å²) < 4.78 is 0. The molecule has 0 saturated carbocycles. The van der Waals surface area contributed by atoms with Gasteiger partial charge in [0.1, 0.15) is 0 Å². The summed E-state index contributed by atoms with van der Waals surface area (Å²) in [6.07, 6.45) is 0.650. The number of hydrogen-bond donors (Lipinski definition) is 1. The molecule has 0 aromatic heterocycles. The molecule has 0 fully saturated rings. The molecule has 5 heteroatoms. The van der Waals surface area contributed by atoms with Crippen molar-refractivity contribution < 1.29 is 9.59 Å². The largest absolute Gasteiger partial charge is 0.326 e. The molecule has 0 spiro atoms. The molecule has 0 bridgehead atoms. The van der Waals surface area contributed by atoms with Crippen LogP contribution in [0.2, 0.25) is 5.02 Å². The summed E-state index contributed by atoms with van der Waals surface area (Å²) in [6.45, 7) is 3.96. The van der Waals surface area contributed by atoms with E-state index in [1.54, 1.807) is 12.1 Å². The van der Waals surface area contributed by atoms with Crippen molar-refractivity contribution in [1.82, 2.24) is 0 Å². The minimum absolute atomic E-state index is 0.0339. The predicted octanol–water partition coefficient (Wildman–Crippen LogP) is 3.77. The third-order valence-corrected chi connectivity index (χ3v) is 3.84. The first-order valence-corrected chi connectivity index (χ1v) is 6.99. The highest BCUT2D eigenvalue weighted by Gasteiger charge is 2.33. The molecule has 1 N–H and O–H groups in total. The van der Waals surface area contributed by atoms with Gasteiger partial charge in [-0.25, -0.2) is 0 Å². The summed E-state index contributed by atoms with van der Waals surface area (Å²) in [5.41, 5.74) is 1.80. The number of halogens is 2. The third-order valence-electron chi connectivity index (χ3n) is 3.33. The Balaban J connectivity index is 2.53. The molecule has 1 aromatic carbocycles. The van der Waals surface area contributed by atoms with E-state index in [-0.39, 0.29) is 29.4 Å². The molecule has 1 amide bonds. The lowest BCUT2D eigenvalue weighted by Gasteiger charge is -2.32. The van der Waals surface area contributed by atoms with Gasteiger partial charge < -0.3 is 5.32 Å². The molecule has 2 rings (SSSR count). The fraction of sp³-hybridized carbons (Fsp3) is 0.429. The second-order valence-corrected chi connectivity index (χ2v) is 6.13. The monoisotopic (exact) mass is 299 g/mol. The molecule has 0 radical (unpaired) electrons. The van der Waals surface area contributed by atoms with Crippen LogP contribution in [0.25, 0.3) is 0 Å². The maximum atomic E-state index is 12.0. The zero-order valence-electron chi connectivity index (χ0n) is 10.8. The van der Waals surface area contributed by atoms with Crippen molar-refractivity contribution in [2.24, 2.45) is 0 Å². The van der Waals surface area contributed by atoms with Crippen LogP contribution in [0.3, 0.4) is 0 Å². The number of benzene rings is 1. The van der Waals surface area contributed by atoms with Gasteiger partial charge in [-0.3, -0.25) is 9.59 Å². The summed E-state index contributed by atoms with van der Waals surface area (Å²) in [5, 5.41) is 3.15. The van der Waals surface area contributed by atoms with Crippen LogP contribution in [0.5, 0.6) is 0 Å². The number of alkyl halides is 1. The average molecular weight is 300 g/mol. The number of ketones is 1. The van der Waals surface area contributed by atoms with Gasteiger partial charge in [0.25, 0.3) is 0 Å². The molecule has 102 valence electrons. The van der Waals surface area contributed by atoms with Crippen LogP contribution in [0.4, 0.5) is 5.69 Å². The van der Waals surface area contributed by atoms with Crippen molar-refractivity contribution in [2.75, 3.05) is 11.2 Å². The minimum atomic E-state index is -0.307. The van der Waals surface area contributed by atoms with Gasteiger partial charge in [0.2, 0.25) is 5.91 Å². The van der Waals surface area contributed by atoms with Gasteiger partial charge in [-0.05, 0) is 17.7 Å². The van der Waals surface area contributed by atoms with Crippen molar-refractivity contribution in [3.8, 4) is 0 Å². The molecule has 0 atom stereocenters. The number of carbonyl (C=O) groups is 2. The molecular weight excluding hydrogens is 285 g/mol. The molecule has 1 aliphatic heterocycles. The van der Waals surface area contributed by atoms with Crippen molar-refractivity contribution in [3.05, 3.63) is 28.3 Å². The van der Waals surface area contributed by atoms with Crippen LogP contribution in [-0.4, -0.2) is 17.6 Å². The summed E-state index contributed by atoms with van der Waals surface area (Å²) in [4.78, 5) is 23.6. The van der Waals surface area contributed by atoms with E-state index in [0.29, 0.717) is 22.7 Å². The van der Waals surface area contributed by atoms with E-state index in [0.717, 1.165) is 5.56 Å². The van der Waals surface area contributed by atoms with Crippen LogP contribution in [0.1, 0.15) is 42.6 Å². The van der Waals surface area contributed by atoms with Crippen molar-refractivity contribution in [2.45, 2.75) is 32.1 Å². The van der Waals surface area contributed by atoms with Crippen LogP contribution in [-0.2, 0) is 10.2 Å². The molecule has 0 saturated heterocycles. The number of fused-ring (bicyclic) bond motifs is 1. The lowest BCUT2D eigenvalue weighted by Crippen LogP contribution is -2.32. The number of nitrogens with one attached hydrogen (secondary N) is 1. The zero-order valence-corrected chi connectivity index (χ0v) is 12.4. The smallest absolute Gasteiger partial charge is 0.225 e. The van der Waals surface area contributed by atoms with E-state index in [1.165, 1.54) is 0 Å². The molecule has 1 aliphatic rings. The maximum absolute atomic E-state index is 12.0. The fourth-order valence-corrected chi connectivity index (χ4v) is 2.80. The first kappa shape index (κ1) is 14.4. The van der Waals surface area contributed by atoms with E-state index in [2.05, 4.69) is 5.32 Å². The van der Waals surface area contributed by atoms with Gasteiger partial charge in [0.15, 0.2) is 5.78 Å². The van der Waals surface area contributed by atoms with Crippen LogP contribution in [0, 0.1) is 0 Å². The van der Waals surface area contributed by atoms with Crippen molar-refractivity contribution in [1.29, 1.82) is 0 Å². The molecule has 1 heterocycles. The van der Waals surface area contributed by atoms with E-state index < -0.39 is 0 Å². The van der Waals surface area contributed by atoms with Gasteiger partial charge in [-0.15, -0.1) is 11.6 Å². The third kappa shape index (κ3) is 2.77. The van der Waals surface area contributed by atoms with Crippen molar-refractivity contribution >= 4 is 40.6 Å². The molecule has 19 heavy (non-hydrogen) atoms. The Morgan fingerprint density at radius 3 is 2.74 bits per heavy atom. The van der Waals surface area contributed by atoms with Crippen LogP contribution >= 0.6 is 23.2 Å². The Labute approximate surface area is 122 Å². The Kier molecular flexibility index (Phi) is 3.88. The topological polar surface area (TPSA) is 46.2 Å². The number of carbonyl (C=O) groups excluding carboxylic acids is 2. The number of anilines is 1. The molecule has 3 nitrogen and oxygen atoms in total. The highest BCUT2D eigenvalue weighted by atomic mass is 35.5. The van der Waals surface area contributed by atoms with Crippen molar-refractivity contribution in [3.63, 3.8) is 0 Å². The first-order chi connectivity index (χ1) is 8.85. The predicted molar refractivity (Wildman–Crippen MR) is 77.4 cm³/mol. The van der Waals surface area contributed by atoms with Gasteiger partial charge in [0.05, 0.1) is 5.02 Å². The minimum Gasteiger partial charge on any atom is -0.326 e. The highest BCUT2D eigenvalue weighted by Crippen LogP contribution is 2.40. The van der Waals surface area contributed by atoms with E-state index in [1.807, 2.05) is 13.8 Å². The second kappa shape index (κ2) is 5.14. The van der Waals surface area contributed by atoms with E-state index >= 15 is 0 Å². The van der Waals surface area contributed by atoms with Crippen LogP contribution < -0.4 is 5.32 Å². The van der Waals surface area contributed by atoms with Gasteiger partial charge >= 0.3 is 0 Å². The molecular formula is C14H15Cl2NO2. The number of rotatable bonds is 3. The average Bonchev–Trinajstić information content (AvgIpc) is 2.26. The molecule has 1 aromatic rings. The van der Waals surface area contributed by atoms with E-state index in [4.69, 9.17) is 23.2 Å². The Morgan fingerprint density at radius 2 is 2.11 bits per heavy atom. The number of amides is 1. The summed E-state index contributed by atoms with van der Waals surface area (Å²) >= 11 is 11.7. The first-order valence-electron chi connectivity index (χ1n) is 6.08. The highest BCUT2D eigenvalue weighted by molar-refractivity contribution is 6.34. The Bertz CT molecular complexity index is 553. The van der Waals surface area contributed by atoms with Gasteiger partial charge in [-0.1, -0.05) is 25.4 Å². The summed E-state index contributed by atoms with van der Waals surface area (Å²) in [6, 6.07) is 3.43. The van der Waals surface area contributed by atoms with Crippen LogP contribution in [0.15, 0.2) is 12.1 Å². The fourth-order valence-electron chi connectivity index (χ4n) is 2.36. The van der Waals surface area contributed by atoms with Gasteiger partial charge in [0, 0.05) is 35.4 Å². The Hall–Kier alpha value is -1.06. The lowest BCUT2D eigenvalue weighted by atomic mass is 9.77. The SMILES string of the molecule is CC1(C)CC(=O)Nc2cc(Cl)c(C(=O)CCCl)cc21. The summed E-state index contributed by atoms with van der Waals surface area (Å²) in [7, 11) is 0. The maximum Gasteiger partial charge on any atom is 0.225 e. The summed E-state index contributed by atoms with van der Waals surface area (Å²) in [5.74, 6) is 0.163. The van der Waals surface area contributed by atoms with Gasteiger partial charge in [-0.2, -0.15) is 0 Å². The molecule has 0 aliphatic carbocycles. The molecule has 0 unspecified atom stereocenters. The number of hydrogen-bond acceptors (Lipinski definition) is 2. The normalized spacial score (nSPS) is 16.7. The lowest BCUT2D eigenvalue weighted by molar-refractivity contribution is -0.117. The quantitative estimate of drug-likeness (QED) is 0.682.